The maximum Gasteiger partial charge on any atom is 0.314 e. The van der Waals surface area contributed by atoms with E-state index in [-0.39, 0.29) is 0 Å². The second-order valence-corrected chi connectivity index (χ2v) is 5.69. The molecule has 2 rings (SSSR count). The van der Waals surface area contributed by atoms with Crippen molar-refractivity contribution in [2.24, 2.45) is 0 Å². The van der Waals surface area contributed by atoms with Crippen LogP contribution in [0.4, 0.5) is 0 Å². The van der Waals surface area contributed by atoms with Crippen molar-refractivity contribution in [1.29, 1.82) is 0 Å². The standard InChI is InChI=1S/C16H22O2/c1-12(2)13-8-4-5-9-14(13)16(15(17)18)10-6-3-7-11-16/h4-5,8-9,12H,3,6-7,10-11H2,1-2H3,(H,17,18). The topological polar surface area (TPSA) is 37.3 Å². The zero-order valence-electron chi connectivity index (χ0n) is 11.3. The number of carboxylic acid groups (broad SMARTS) is 1. The molecule has 0 amide bonds. The largest absolute Gasteiger partial charge is 0.481 e. The first kappa shape index (κ1) is 13.1. The summed E-state index contributed by atoms with van der Waals surface area (Å²) in [6, 6.07) is 8.09. The van der Waals surface area contributed by atoms with Gasteiger partial charge in [0.2, 0.25) is 0 Å². The Morgan fingerprint density at radius 2 is 1.78 bits per heavy atom. The predicted molar refractivity (Wildman–Crippen MR) is 72.9 cm³/mol. The summed E-state index contributed by atoms with van der Waals surface area (Å²) >= 11 is 0. The van der Waals surface area contributed by atoms with Gasteiger partial charge in [0.05, 0.1) is 5.41 Å². The van der Waals surface area contributed by atoms with Crippen LogP contribution in [0.3, 0.4) is 0 Å². The van der Waals surface area contributed by atoms with Gasteiger partial charge in [0.15, 0.2) is 0 Å². The molecule has 2 nitrogen and oxygen atoms in total. The van der Waals surface area contributed by atoms with Gasteiger partial charge in [-0.15, -0.1) is 0 Å². The molecule has 2 heteroatoms. The van der Waals surface area contributed by atoms with E-state index in [1.54, 1.807) is 0 Å². The lowest BCUT2D eigenvalue weighted by Crippen LogP contribution is -2.38. The summed E-state index contributed by atoms with van der Waals surface area (Å²) in [5, 5.41) is 9.75. The van der Waals surface area contributed by atoms with E-state index in [1.165, 1.54) is 12.0 Å². The Bertz CT molecular complexity index is 428. The fourth-order valence-electron chi connectivity index (χ4n) is 3.19. The highest BCUT2D eigenvalue weighted by atomic mass is 16.4. The Balaban J connectivity index is 2.52. The number of aliphatic carboxylic acids is 1. The van der Waals surface area contributed by atoms with Crippen LogP contribution in [-0.2, 0) is 10.2 Å². The van der Waals surface area contributed by atoms with Crippen molar-refractivity contribution in [3.8, 4) is 0 Å². The van der Waals surface area contributed by atoms with E-state index >= 15 is 0 Å². The lowest BCUT2D eigenvalue weighted by Gasteiger charge is -2.35. The summed E-state index contributed by atoms with van der Waals surface area (Å²) in [5.41, 5.74) is 1.60. The lowest BCUT2D eigenvalue weighted by atomic mass is 9.67. The Hall–Kier alpha value is -1.31. The average molecular weight is 246 g/mol. The van der Waals surface area contributed by atoms with Crippen molar-refractivity contribution >= 4 is 5.97 Å². The van der Waals surface area contributed by atoms with Crippen LogP contribution in [0.15, 0.2) is 24.3 Å². The van der Waals surface area contributed by atoms with Gasteiger partial charge in [-0.1, -0.05) is 57.4 Å². The maximum atomic E-state index is 11.9. The zero-order valence-corrected chi connectivity index (χ0v) is 11.3. The van der Waals surface area contributed by atoms with Gasteiger partial charge in [0.25, 0.3) is 0 Å². The monoisotopic (exact) mass is 246 g/mol. The van der Waals surface area contributed by atoms with Crippen LogP contribution in [-0.4, -0.2) is 11.1 Å². The Morgan fingerprint density at radius 3 is 2.33 bits per heavy atom. The molecule has 1 fully saturated rings. The molecule has 0 aromatic heterocycles. The van der Waals surface area contributed by atoms with E-state index in [4.69, 9.17) is 0 Å². The van der Waals surface area contributed by atoms with Crippen LogP contribution in [0, 0.1) is 0 Å². The molecular weight excluding hydrogens is 224 g/mol. The van der Waals surface area contributed by atoms with Gasteiger partial charge >= 0.3 is 5.97 Å². The van der Waals surface area contributed by atoms with Gasteiger partial charge in [-0.2, -0.15) is 0 Å². The van der Waals surface area contributed by atoms with Crippen LogP contribution in [0.1, 0.15) is 63.0 Å². The van der Waals surface area contributed by atoms with Crippen molar-refractivity contribution < 1.29 is 9.90 Å². The molecule has 1 aromatic rings. The molecule has 0 aliphatic heterocycles. The number of carboxylic acids is 1. The van der Waals surface area contributed by atoms with Crippen molar-refractivity contribution in [3.05, 3.63) is 35.4 Å². The minimum atomic E-state index is -0.643. The molecule has 1 aliphatic rings. The molecule has 1 N–H and O–H groups in total. The van der Waals surface area contributed by atoms with Crippen LogP contribution < -0.4 is 0 Å². The Labute approximate surface area is 109 Å². The third-order valence-electron chi connectivity index (χ3n) is 4.21. The van der Waals surface area contributed by atoms with Crippen molar-refractivity contribution in [2.75, 3.05) is 0 Å². The predicted octanol–water partition coefficient (Wildman–Crippen LogP) is 4.10. The van der Waals surface area contributed by atoms with E-state index in [0.717, 1.165) is 31.2 Å². The number of rotatable bonds is 3. The van der Waals surface area contributed by atoms with E-state index in [0.29, 0.717) is 5.92 Å². The highest BCUT2D eigenvalue weighted by molar-refractivity contribution is 5.82. The van der Waals surface area contributed by atoms with Crippen LogP contribution in [0.2, 0.25) is 0 Å². The summed E-state index contributed by atoms with van der Waals surface area (Å²) in [6.07, 6.45) is 4.79. The second-order valence-electron chi connectivity index (χ2n) is 5.69. The molecule has 0 heterocycles. The van der Waals surface area contributed by atoms with Gasteiger partial charge in [-0.25, -0.2) is 0 Å². The molecule has 1 aliphatic carbocycles. The summed E-state index contributed by atoms with van der Waals surface area (Å²) in [4.78, 5) is 11.9. The highest BCUT2D eigenvalue weighted by Crippen LogP contribution is 2.42. The van der Waals surface area contributed by atoms with Crippen molar-refractivity contribution in [3.63, 3.8) is 0 Å². The number of benzene rings is 1. The van der Waals surface area contributed by atoms with E-state index in [1.807, 2.05) is 18.2 Å². The molecule has 0 spiro atoms. The van der Waals surface area contributed by atoms with Crippen molar-refractivity contribution in [2.45, 2.75) is 57.3 Å². The zero-order chi connectivity index (χ0) is 13.2. The number of carbonyl (C=O) groups is 1. The van der Waals surface area contributed by atoms with E-state index in [9.17, 15) is 9.90 Å². The van der Waals surface area contributed by atoms with E-state index in [2.05, 4.69) is 19.9 Å². The third-order valence-corrected chi connectivity index (χ3v) is 4.21. The SMILES string of the molecule is CC(C)c1ccccc1C1(C(=O)O)CCCCC1. The van der Waals surface area contributed by atoms with Crippen LogP contribution >= 0.6 is 0 Å². The fourth-order valence-corrected chi connectivity index (χ4v) is 3.19. The summed E-state index contributed by atoms with van der Waals surface area (Å²) in [5.74, 6) is -0.269. The van der Waals surface area contributed by atoms with Gasteiger partial charge < -0.3 is 5.11 Å². The van der Waals surface area contributed by atoms with Gasteiger partial charge in [-0.3, -0.25) is 4.79 Å². The first-order valence-electron chi connectivity index (χ1n) is 6.91. The van der Waals surface area contributed by atoms with Gasteiger partial charge in [0, 0.05) is 0 Å². The van der Waals surface area contributed by atoms with Gasteiger partial charge in [-0.05, 0) is 29.9 Å². The third kappa shape index (κ3) is 2.16. The molecule has 0 bridgehead atoms. The summed E-state index contributed by atoms with van der Waals surface area (Å²) < 4.78 is 0. The quantitative estimate of drug-likeness (QED) is 0.872. The summed E-state index contributed by atoms with van der Waals surface area (Å²) in [6.45, 7) is 4.27. The number of hydrogen-bond acceptors (Lipinski definition) is 1. The molecule has 0 saturated heterocycles. The average Bonchev–Trinajstić information content (AvgIpc) is 2.39. The van der Waals surface area contributed by atoms with Gasteiger partial charge in [0.1, 0.15) is 0 Å². The van der Waals surface area contributed by atoms with Crippen LogP contribution in [0.5, 0.6) is 0 Å². The second kappa shape index (κ2) is 5.13. The Morgan fingerprint density at radius 1 is 1.17 bits per heavy atom. The molecule has 0 radical (unpaired) electrons. The molecule has 0 atom stereocenters. The van der Waals surface area contributed by atoms with Crippen molar-refractivity contribution in [1.82, 2.24) is 0 Å². The Kier molecular flexibility index (Phi) is 3.74. The van der Waals surface area contributed by atoms with Crippen LogP contribution in [0.25, 0.3) is 0 Å². The fraction of sp³-hybridized carbons (Fsp3) is 0.562. The molecule has 98 valence electrons. The minimum absolute atomic E-state index is 0.374. The minimum Gasteiger partial charge on any atom is -0.481 e. The molecular formula is C16H22O2. The highest BCUT2D eigenvalue weighted by Gasteiger charge is 2.42. The first-order chi connectivity index (χ1) is 8.58. The van der Waals surface area contributed by atoms with E-state index < -0.39 is 11.4 Å². The molecule has 1 saturated carbocycles. The first-order valence-corrected chi connectivity index (χ1v) is 6.91. The molecule has 1 aromatic carbocycles. The molecule has 0 unspecified atom stereocenters. The number of hydrogen-bond donors (Lipinski definition) is 1. The smallest absolute Gasteiger partial charge is 0.314 e. The lowest BCUT2D eigenvalue weighted by molar-refractivity contribution is -0.145. The summed E-state index contributed by atoms with van der Waals surface area (Å²) in [7, 11) is 0. The maximum absolute atomic E-state index is 11.9. The normalized spacial score (nSPS) is 18.8. The molecule has 18 heavy (non-hydrogen) atoms.